The van der Waals surface area contributed by atoms with Crippen LogP contribution in [-0.2, 0) is 4.74 Å². The lowest BCUT2D eigenvalue weighted by Crippen LogP contribution is -2.09. The molecule has 3 rings (SSSR count). The molecule has 2 aromatic heterocycles. The topological polar surface area (TPSA) is 68.3 Å². The number of nitrogens with zero attached hydrogens (tertiary/aromatic N) is 1. The van der Waals surface area contributed by atoms with Gasteiger partial charge >= 0.3 is 5.97 Å². The Kier molecular flexibility index (Phi) is 5.17. The summed E-state index contributed by atoms with van der Waals surface area (Å²) >= 11 is 8.36. The molecular weight excluding hydrogens is 380 g/mol. The van der Waals surface area contributed by atoms with Gasteiger partial charge in [0.15, 0.2) is 5.13 Å². The minimum absolute atomic E-state index is 0.268. The van der Waals surface area contributed by atoms with Crippen molar-refractivity contribution in [2.24, 2.45) is 0 Å². The fraction of sp³-hybridized carbons (Fsp3) is 0.118. The number of carbonyl (C=O) groups excluding carboxylic acids is 2. The number of thiazole rings is 1. The molecular formula is C17H13ClN2O3S2. The zero-order valence-corrected chi connectivity index (χ0v) is 15.7. The summed E-state index contributed by atoms with van der Waals surface area (Å²) in [7, 11) is 1.31. The Hall–Kier alpha value is -2.22. The van der Waals surface area contributed by atoms with Gasteiger partial charge in [-0.05, 0) is 36.8 Å². The maximum Gasteiger partial charge on any atom is 0.350 e. The van der Waals surface area contributed by atoms with Crippen molar-refractivity contribution in [3.63, 3.8) is 0 Å². The fourth-order valence-corrected chi connectivity index (χ4v) is 4.03. The van der Waals surface area contributed by atoms with Gasteiger partial charge in [0.25, 0.3) is 5.91 Å². The van der Waals surface area contributed by atoms with Crippen molar-refractivity contribution in [3.8, 4) is 10.4 Å². The highest BCUT2D eigenvalue weighted by Crippen LogP contribution is 2.30. The van der Waals surface area contributed by atoms with Gasteiger partial charge < -0.3 is 4.74 Å². The maximum atomic E-state index is 12.4. The summed E-state index contributed by atoms with van der Waals surface area (Å²) in [6.45, 7) is 1.70. The first-order chi connectivity index (χ1) is 12.0. The number of thiophene rings is 1. The van der Waals surface area contributed by atoms with Gasteiger partial charge in [-0.1, -0.05) is 35.1 Å². The minimum atomic E-state index is -0.461. The molecule has 8 heteroatoms. The first-order valence-electron chi connectivity index (χ1n) is 7.21. The summed E-state index contributed by atoms with van der Waals surface area (Å²) in [5, 5.41) is 3.75. The number of ether oxygens (including phenoxy) is 1. The lowest BCUT2D eigenvalue weighted by Gasteiger charge is -1.99. The molecule has 0 radical (unpaired) electrons. The number of anilines is 1. The van der Waals surface area contributed by atoms with Gasteiger partial charge in [-0.25, -0.2) is 9.78 Å². The first kappa shape index (κ1) is 17.6. The molecule has 0 unspecified atom stereocenters. The Morgan fingerprint density at radius 2 is 1.84 bits per heavy atom. The van der Waals surface area contributed by atoms with Crippen LogP contribution < -0.4 is 5.32 Å². The van der Waals surface area contributed by atoms with Crippen molar-refractivity contribution in [2.75, 3.05) is 12.4 Å². The second-order valence-corrected chi connectivity index (χ2v) is 7.57. The van der Waals surface area contributed by atoms with Crippen molar-refractivity contribution >= 4 is 51.3 Å². The maximum absolute atomic E-state index is 12.4. The number of carbonyl (C=O) groups is 2. The van der Waals surface area contributed by atoms with E-state index in [1.807, 2.05) is 30.3 Å². The highest BCUT2D eigenvalue weighted by atomic mass is 35.5. The first-order valence-corrected chi connectivity index (χ1v) is 9.22. The van der Waals surface area contributed by atoms with E-state index < -0.39 is 5.97 Å². The van der Waals surface area contributed by atoms with Crippen LogP contribution in [0.15, 0.2) is 36.4 Å². The fourth-order valence-electron chi connectivity index (χ4n) is 2.12. The molecule has 5 nitrogen and oxygen atoms in total. The quantitative estimate of drug-likeness (QED) is 0.643. The Bertz CT molecular complexity index is 932. The molecule has 2 heterocycles. The average Bonchev–Trinajstić information content (AvgIpc) is 3.22. The lowest BCUT2D eigenvalue weighted by molar-refractivity contribution is 0.0605. The molecule has 0 aliphatic rings. The molecule has 0 aliphatic heterocycles. The van der Waals surface area contributed by atoms with E-state index in [1.54, 1.807) is 13.0 Å². The van der Waals surface area contributed by atoms with E-state index in [0.29, 0.717) is 25.6 Å². The third-order valence-corrected chi connectivity index (χ3v) is 5.78. The van der Waals surface area contributed by atoms with Gasteiger partial charge in [0, 0.05) is 9.90 Å². The number of hydrogen-bond acceptors (Lipinski definition) is 6. The molecule has 0 saturated heterocycles. The molecule has 1 N–H and O–H groups in total. The van der Waals surface area contributed by atoms with Crippen molar-refractivity contribution in [1.82, 2.24) is 4.98 Å². The van der Waals surface area contributed by atoms with E-state index in [9.17, 15) is 9.59 Å². The van der Waals surface area contributed by atoms with Crippen LogP contribution >= 0.6 is 34.3 Å². The van der Waals surface area contributed by atoms with Crippen LogP contribution in [0, 0.1) is 6.92 Å². The van der Waals surface area contributed by atoms with Crippen LogP contribution in [0.1, 0.15) is 25.0 Å². The lowest BCUT2D eigenvalue weighted by atomic mass is 10.2. The van der Waals surface area contributed by atoms with Crippen molar-refractivity contribution in [2.45, 2.75) is 6.92 Å². The summed E-state index contributed by atoms with van der Waals surface area (Å²) in [5.74, 6) is -0.730. The molecule has 1 amide bonds. The highest BCUT2D eigenvalue weighted by Gasteiger charge is 2.18. The number of hydrogen-bond donors (Lipinski definition) is 1. The smallest absolute Gasteiger partial charge is 0.350 e. The standard InChI is InChI=1S/C17H13ClN2O3S2/c1-9-14(16(22)23-2)25-17(19-9)20-15(21)13-8-7-12(24-13)10-3-5-11(18)6-4-10/h3-8H,1-2H3,(H,19,20,21). The van der Waals surface area contributed by atoms with E-state index in [2.05, 4.69) is 10.3 Å². The molecule has 0 spiro atoms. The molecule has 128 valence electrons. The Labute approximate surface area is 157 Å². The van der Waals surface area contributed by atoms with E-state index in [4.69, 9.17) is 16.3 Å². The van der Waals surface area contributed by atoms with Crippen molar-refractivity contribution in [1.29, 1.82) is 0 Å². The summed E-state index contributed by atoms with van der Waals surface area (Å²) in [6.07, 6.45) is 0. The van der Waals surface area contributed by atoms with Gasteiger partial charge in [-0.2, -0.15) is 0 Å². The van der Waals surface area contributed by atoms with E-state index in [-0.39, 0.29) is 5.91 Å². The number of aryl methyl sites for hydroxylation is 1. The summed E-state index contributed by atoms with van der Waals surface area (Å²) in [6, 6.07) is 11.1. The minimum Gasteiger partial charge on any atom is -0.465 e. The summed E-state index contributed by atoms with van der Waals surface area (Å²) in [5.41, 5.74) is 1.52. The summed E-state index contributed by atoms with van der Waals surface area (Å²) in [4.78, 5) is 30.1. The number of nitrogens with one attached hydrogen (secondary N) is 1. The Morgan fingerprint density at radius 3 is 2.52 bits per heavy atom. The van der Waals surface area contributed by atoms with Gasteiger partial charge in [0.1, 0.15) is 4.88 Å². The molecule has 0 saturated carbocycles. The normalized spacial score (nSPS) is 10.5. The zero-order chi connectivity index (χ0) is 18.0. The van der Waals surface area contributed by atoms with Crippen LogP contribution in [0.25, 0.3) is 10.4 Å². The average molecular weight is 393 g/mol. The number of benzene rings is 1. The van der Waals surface area contributed by atoms with Crippen molar-refractivity contribution in [3.05, 3.63) is 56.9 Å². The monoisotopic (exact) mass is 392 g/mol. The van der Waals surface area contributed by atoms with E-state index in [1.165, 1.54) is 18.4 Å². The number of halogens is 1. The zero-order valence-electron chi connectivity index (χ0n) is 13.3. The van der Waals surface area contributed by atoms with Gasteiger partial charge in [-0.3, -0.25) is 10.1 Å². The van der Waals surface area contributed by atoms with Gasteiger partial charge in [0.2, 0.25) is 0 Å². The third kappa shape index (κ3) is 3.89. The number of methoxy groups -OCH3 is 1. The van der Waals surface area contributed by atoms with Gasteiger partial charge in [0.05, 0.1) is 17.7 Å². The van der Waals surface area contributed by atoms with Crippen LogP contribution in [0.2, 0.25) is 5.02 Å². The number of aromatic nitrogens is 1. The van der Waals surface area contributed by atoms with Crippen molar-refractivity contribution < 1.29 is 14.3 Å². The predicted molar refractivity (Wildman–Crippen MR) is 101 cm³/mol. The third-order valence-electron chi connectivity index (χ3n) is 3.35. The molecule has 0 atom stereocenters. The second kappa shape index (κ2) is 7.35. The molecule has 0 fully saturated rings. The number of esters is 1. The van der Waals surface area contributed by atoms with Crippen LogP contribution in [0.4, 0.5) is 5.13 Å². The largest absolute Gasteiger partial charge is 0.465 e. The van der Waals surface area contributed by atoms with Crippen LogP contribution in [0.5, 0.6) is 0 Å². The Balaban J connectivity index is 1.76. The number of amides is 1. The van der Waals surface area contributed by atoms with E-state index >= 15 is 0 Å². The SMILES string of the molecule is COC(=O)c1sc(NC(=O)c2ccc(-c3ccc(Cl)cc3)s2)nc1C. The molecule has 1 aromatic carbocycles. The molecule has 25 heavy (non-hydrogen) atoms. The highest BCUT2D eigenvalue weighted by molar-refractivity contribution is 7.18. The van der Waals surface area contributed by atoms with Crippen LogP contribution in [-0.4, -0.2) is 24.0 Å². The second-order valence-electron chi connectivity index (χ2n) is 5.05. The van der Waals surface area contributed by atoms with Crippen LogP contribution in [0.3, 0.4) is 0 Å². The Morgan fingerprint density at radius 1 is 1.12 bits per heavy atom. The molecule has 0 aliphatic carbocycles. The predicted octanol–water partition coefficient (Wildman–Crippen LogP) is 4.87. The number of rotatable bonds is 4. The van der Waals surface area contributed by atoms with E-state index in [0.717, 1.165) is 21.8 Å². The van der Waals surface area contributed by atoms with Gasteiger partial charge in [-0.15, -0.1) is 11.3 Å². The summed E-state index contributed by atoms with van der Waals surface area (Å²) < 4.78 is 4.69. The molecule has 0 bridgehead atoms. The molecule has 3 aromatic rings.